The van der Waals surface area contributed by atoms with Crippen molar-refractivity contribution >= 4 is 0 Å². The summed E-state index contributed by atoms with van der Waals surface area (Å²) in [5.74, 6) is 0. The van der Waals surface area contributed by atoms with E-state index < -0.39 is 0 Å². The molecule has 0 saturated heterocycles. The lowest BCUT2D eigenvalue weighted by Crippen LogP contribution is -2.15. The van der Waals surface area contributed by atoms with Gasteiger partial charge >= 0.3 is 0 Å². The van der Waals surface area contributed by atoms with Gasteiger partial charge in [-0.25, -0.2) is 0 Å². The minimum absolute atomic E-state index is 0.218. The predicted octanol–water partition coefficient (Wildman–Crippen LogP) is 1.69. The van der Waals surface area contributed by atoms with E-state index in [1.807, 2.05) is 0 Å². The SMILES string of the molecule is C=C[C@H](N)CCCC. The van der Waals surface area contributed by atoms with Crippen molar-refractivity contribution in [2.75, 3.05) is 0 Å². The quantitative estimate of drug-likeness (QED) is 0.552. The van der Waals surface area contributed by atoms with Crippen molar-refractivity contribution in [2.45, 2.75) is 32.2 Å². The van der Waals surface area contributed by atoms with Crippen LogP contribution in [0.25, 0.3) is 0 Å². The maximum absolute atomic E-state index is 5.54. The van der Waals surface area contributed by atoms with Crippen molar-refractivity contribution in [1.82, 2.24) is 0 Å². The second-order valence-electron chi connectivity index (χ2n) is 2.04. The fourth-order valence-electron chi connectivity index (χ4n) is 0.558. The van der Waals surface area contributed by atoms with Gasteiger partial charge in [-0.15, -0.1) is 6.58 Å². The van der Waals surface area contributed by atoms with Crippen LogP contribution in [0, 0.1) is 0 Å². The Balaban J connectivity index is 2.98. The van der Waals surface area contributed by atoms with Gasteiger partial charge < -0.3 is 5.73 Å². The van der Waals surface area contributed by atoms with Crippen molar-refractivity contribution in [2.24, 2.45) is 5.73 Å². The molecule has 0 saturated carbocycles. The average molecular weight is 113 g/mol. The molecule has 0 amide bonds. The van der Waals surface area contributed by atoms with Crippen LogP contribution in [0.2, 0.25) is 0 Å². The molecule has 0 aromatic heterocycles. The first-order valence-electron chi connectivity index (χ1n) is 3.19. The third-order valence-corrected chi connectivity index (χ3v) is 1.19. The number of unbranched alkanes of at least 4 members (excludes halogenated alkanes) is 1. The standard InChI is InChI=1S/C7H15N/c1-3-5-6-7(8)4-2/h4,7H,2-3,5-6,8H2,1H3/t7-/m0/s1. The molecule has 0 spiro atoms. The molecule has 1 nitrogen and oxygen atoms in total. The van der Waals surface area contributed by atoms with Crippen LogP contribution >= 0.6 is 0 Å². The van der Waals surface area contributed by atoms with Gasteiger partial charge in [-0.2, -0.15) is 0 Å². The summed E-state index contributed by atoms with van der Waals surface area (Å²) in [5.41, 5.74) is 5.54. The maximum Gasteiger partial charge on any atom is 0.0221 e. The highest BCUT2D eigenvalue weighted by Gasteiger charge is 1.91. The summed E-state index contributed by atoms with van der Waals surface area (Å²) >= 11 is 0. The van der Waals surface area contributed by atoms with Crippen LogP contribution in [-0.4, -0.2) is 6.04 Å². The third kappa shape index (κ3) is 3.88. The molecule has 48 valence electrons. The summed E-state index contributed by atoms with van der Waals surface area (Å²) in [6.45, 7) is 5.75. The van der Waals surface area contributed by atoms with E-state index in [1.165, 1.54) is 12.8 Å². The van der Waals surface area contributed by atoms with Gasteiger partial charge in [0.15, 0.2) is 0 Å². The Kier molecular flexibility index (Phi) is 4.67. The van der Waals surface area contributed by atoms with Gasteiger partial charge in [-0.05, 0) is 6.42 Å². The van der Waals surface area contributed by atoms with Crippen LogP contribution in [0.3, 0.4) is 0 Å². The lowest BCUT2D eigenvalue weighted by Gasteiger charge is -2.01. The fourth-order valence-corrected chi connectivity index (χ4v) is 0.558. The molecule has 2 N–H and O–H groups in total. The van der Waals surface area contributed by atoms with Gasteiger partial charge in [0.2, 0.25) is 0 Å². The van der Waals surface area contributed by atoms with E-state index in [2.05, 4.69) is 13.5 Å². The summed E-state index contributed by atoms with van der Waals surface area (Å²) < 4.78 is 0. The Labute approximate surface area is 51.6 Å². The van der Waals surface area contributed by atoms with Gasteiger partial charge in [0.1, 0.15) is 0 Å². The van der Waals surface area contributed by atoms with Gasteiger partial charge in [-0.3, -0.25) is 0 Å². The van der Waals surface area contributed by atoms with E-state index >= 15 is 0 Å². The zero-order valence-corrected chi connectivity index (χ0v) is 5.56. The summed E-state index contributed by atoms with van der Waals surface area (Å²) in [6.07, 6.45) is 5.32. The van der Waals surface area contributed by atoms with Crippen molar-refractivity contribution in [3.8, 4) is 0 Å². The number of hydrogen-bond acceptors (Lipinski definition) is 1. The van der Waals surface area contributed by atoms with Crippen molar-refractivity contribution in [3.63, 3.8) is 0 Å². The molecule has 0 heterocycles. The number of rotatable bonds is 4. The molecule has 1 atom stereocenters. The monoisotopic (exact) mass is 113 g/mol. The zero-order valence-electron chi connectivity index (χ0n) is 5.56. The Morgan fingerprint density at radius 3 is 2.75 bits per heavy atom. The third-order valence-electron chi connectivity index (χ3n) is 1.19. The minimum atomic E-state index is 0.218. The molecule has 0 fully saturated rings. The molecule has 8 heavy (non-hydrogen) atoms. The van der Waals surface area contributed by atoms with Crippen molar-refractivity contribution in [1.29, 1.82) is 0 Å². The summed E-state index contributed by atoms with van der Waals surface area (Å²) in [5, 5.41) is 0. The second kappa shape index (κ2) is 4.85. The van der Waals surface area contributed by atoms with Gasteiger partial charge in [0.25, 0.3) is 0 Å². The predicted molar refractivity (Wildman–Crippen MR) is 37.7 cm³/mol. The Bertz CT molecular complexity index is 59.4. The Hall–Kier alpha value is -0.300. The van der Waals surface area contributed by atoms with Gasteiger partial charge in [-0.1, -0.05) is 25.8 Å². The normalized spacial score (nSPS) is 13.2. The largest absolute Gasteiger partial charge is 0.324 e. The van der Waals surface area contributed by atoms with E-state index in [0.717, 1.165) is 6.42 Å². The van der Waals surface area contributed by atoms with E-state index in [4.69, 9.17) is 5.73 Å². The molecule has 0 radical (unpaired) electrons. The van der Waals surface area contributed by atoms with E-state index in [0.29, 0.717) is 0 Å². The van der Waals surface area contributed by atoms with Crippen LogP contribution in [0.15, 0.2) is 12.7 Å². The molecule has 0 unspecified atom stereocenters. The molecule has 0 aliphatic rings. The first kappa shape index (κ1) is 7.70. The van der Waals surface area contributed by atoms with E-state index in [1.54, 1.807) is 6.08 Å². The average Bonchev–Trinajstić information content (AvgIpc) is 1.83. The molecular weight excluding hydrogens is 98.1 g/mol. The highest BCUT2D eigenvalue weighted by atomic mass is 14.6. The summed E-state index contributed by atoms with van der Waals surface area (Å²) in [7, 11) is 0. The maximum atomic E-state index is 5.54. The van der Waals surface area contributed by atoms with Crippen LogP contribution in [0.5, 0.6) is 0 Å². The lowest BCUT2D eigenvalue weighted by atomic mass is 10.1. The first-order chi connectivity index (χ1) is 3.81. The smallest absolute Gasteiger partial charge is 0.0221 e. The van der Waals surface area contributed by atoms with Crippen molar-refractivity contribution in [3.05, 3.63) is 12.7 Å². The number of nitrogens with two attached hydrogens (primary N) is 1. The molecule has 0 aliphatic heterocycles. The van der Waals surface area contributed by atoms with E-state index in [-0.39, 0.29) is 6.04 Å². The van der Waals surface area contributed by atoms with Gasteiger partial charge in [0.05, 0.1) is 0 Å². The Morgan fingerprint density at radius 2 is 2.38 bits per heavy atom. The van der Waals surface area contributed by atoms with Crippen LogP contribution in [0.4, 0.5) is 0 Å². The minimum Gasteiger partial charge on any atom is -0.324 e. The summed E-state index contributed by atoms with van der Waals surface area (Å²) in [4.78, 5) is 0. The molecular formula is C7H15N. The first-order valence-corrected chi connectivity index (χ1v) is 3.19. The molecule has 0 bridgehead atoms. The molecule has 0 rings (SSSR count). The van der Waals surface area contributed by atoms with Gasteiger partial charge in [0, 0.05) is 6.04 Å². The second-order valence-corrected chi connectivity index (χ2v) is 2.04. The van der Waals surface area contributed by atoms with E-state index in [9.17, 15) is 0 Å². The Morgan fingerprint density at radius 1 is 1.75 bits per heavy atom. The van der Waals surface area contributed by atoms with Crippen LogP contribution < -0.4 is 5.73 Å². The summed E-state index contributed by atoms with van der Waals surface area (Å²) in [6, 6.07) is 0.218. The highest BCUT2D eigenvalue weighted by Crippen LogP contribution is 1.97. The van der Waals surface area contributed by atoms with Crippen LogP contribution in [-0.2, 0) is 0 Å². The lowest BCUT2D eigenvalue weighted by molar-refractivity contribution is 0.656. The fraction of sp³-hybridized carbons (Fsp3) is 0.714. The molecule has 0 aromatic carbocycles. The van der Waals surface area contributed by atoms with Crippen LogP contribution in [0.1, 0.15) is 26.2 Å². The zero-order chi connectivity index (χ0) is 6.41. The highest BCUT2D eigenvalue weighted by molar-refractivity contribution is 4.81. The molecule has 0 aliphatic carbocycles. The molecule has 1 heteroatoms. The van der Waals surface area contributed by atoms with Crippen molar-refractivity contribution < 1.29 is 0 Å². The number of hydrogen-bond donors (Lipinski definition) is 1. The topological polar surface area (TPSA) is 26.0 Å². The molecule has 0 aromatic rings.